The van der Waals surface area contributed by atoms with E-state index < -0.39 is 5.97 Å². The largest absolute Gasteiger partial charge is 0.481 e. The number of allylic oxidation sites excluding steroid dienone is 1. The molecule has 0 aliphatic heterocycles. The average molecular weight is 184 g/mol. The van der Waals surface area contributed by atoms with Crippen molar-refractivity contribution in [3.8, 4) is 0 Å². The van der Waals surface area contributed by atoms with Gasteiger partial charge in [-0.1, -0.05) is 19.9 Å². The van der Waals surface area contributed by atoms with Crippen LogP contribution >= 0.6 is 0 Å². The van der Waals surface area contributed by atoms with E-state index in [1.807, 2.05) is 6.08 Å². The molecule has 0 saturated carbocycles. The molecule has 0 spiro atoms. The van der Waals surface area contributed by atoms with Gasteiger partial charge in [-0.3, -0.25) is 4.79 Å². The highest BCUT2D eigenvalue weighted by Gasteiger charge is 2.11. The molecule has 0 rings (SSSR count). The summed E-state index contributed by atoms with van der Waals surface area (Å²) in [6.45, 7) is 7.59. The monoisotopic (exact) mass is 184 g/mol. The number of aliphatic carboxylic acids is 1. The van der Waals surface area contributed by atoms with Gasteiger partial charge >= 0.3 is 5.97 Å². The Hall–Kier alpha value is -0.790. The molecule has 0 saturated heterocycles. The smallest absolute Gasteiger partial charge is 0.306 e. The van der Waals surface area contributed by atoms with Crippen molar-refractivity contribution in [1.29, 1.82) is 0 Å². The third-order valence-electron chi connectivity index (χ3n) is 2.38. The van der Waals surface area contributed by atoms with Crippen molar-refractivity contribution in [2.75, 3.05) is 0 Å². The van der Waals surface area contributed by atoms with Gasteiger partial charge in [-0.05, 0) is 31.6 Å². The van der Waals surface area contributed by atoms with Crippen molar-refractivity contribution in [2.45, 2.75) is 39.5 Å². The molecule has 0 bridgehead atoms. The molecule has 0 aliphatic rings. The third-order valence-corrected chi connectivity index (χ3v) is 2.38. The summed E-state index contributed by atoms with van der Waals surface area (Å²) in [5.74, 6) is -0.276. The predicted molar refractivity (Wildman–Crippen MR) is 54.6 cm³/mol. The van der Waals surface area contributed by atoms with Crippen molar-refractivity contribution >= 4 is 5.97 Å². The zero-order valence-corrected chi connectivity index (χ0v) is 8.62. The molecule has 0 heterocycles. The van der Waals surface area contributed by atoms with Gasteiger partial charge < -0.3 is 5.11 Å². The summed E-state index contributed by atoms with van der Waals surface area (Å²) in [5, 5.41) is 8.65. The first-order valence-electron chi connectivity index (χ1n) is 4.91. The zero-order valence-electron chi connectivity index (χ0n) is 8.62. The van der Waals surface area contributed by atoms with Crippen LogP contribution in [0.1, 0.15) is 39.5 Å². The second kappa shape index (κ2) is 6.70. The van der Waals surface area contributed by atoms with Crippen molar-refractivity contribution in [2.24, 2.45) is 11.8 Å². The van der Waals surface area contributed by atoms with Crippen LogP contribution in [-0.2, 0) is 4.79 Å². The molecule has 1 N–H and O–H groups in total. The van der Waals surface area contributed by atoms with E-state index in [1.54, 1.807) is 6.92 Å². The topological polar surface area (TPSA) is 37.3 Å². The fourth-order valence-corrected chi connectivity index (χ4v) is 1.20. The van der Waals surface area contributed by atoms with Crippen LogP contribution in [-0.4, -0.2) is 11.1 Å². The SMILES string of the molecule is C=CCC[C@@H](C)CC[C@H](C)C(=O)O. The Balaban J connectivity index is 3.50. The van der Waals surface area contributed by atoms with E-state index in [4.69, 9.17) is 5.11 Å². The number of carboxylic acid groups (broad SMARTS) is 1. The van der Waals surface area contributed by atoms with E-state index in [-0.39, 0.29) is 5.92 Å². The Morgan fingerprint density at radius 3 is 2.46 bits per heavy atom. The van der Waals surface area contributed by atoms with Crippen molar-refractivity contribution in [3.63, 3.8) is 0 Å². The predicted octanol–water partition coefficient (Wildman–Crippen LogP) is 3.09. The standard InChI is InChI=1S/C11H20O2/c1-4-5-6-9(2)7-8-10(3)11(12)13/h4,9-10H,1,5-8H2,2-3H3,(H,12,13)/t9-,10+/m1/s1. The Kier molecular flexibility index (Phi) is 6.29. The van der Waals surface area contributed by atoms with Crippen LogP contribution in [0.5, 0.6) is 0 Å². The number of carboxylic acids is 1. The second-order valence-electron chi connectivity index (χ2n) is 3.79. The molecule has 76 valence electrons. The van der Waals surface area contributed by atoms with E-state index in [1.165, 1.54) is 0 Å². The van der Waals surface area contributed by atoms with Crippen LogP contribution in [0.3, 0.4) is 0 Å². The summed E-state index contributed by atoms with van der Waals surface area (Å²) in [7, 11) is 0. The van der Waals surface area contributed by atoms with Gasteiger partial charge in [-0.2, -0.15) is 0 Å². The van der Waals surface area contributed by atoms with Crippen LogP contribution < -0.4 is 0 Å². The lowest BCUT2D eigenvalue weighted by Gasteiger charge is -2.11. The molecule has 0 fully saturated rings. The van der Waals surface area contributed by atoms with Gasteiger partial charge in [0.1, 0.15) is 0 Å². The first-order valence-corrected chi connectivity index (χ1v) is 4.91. The zero-order chi connectivity index (χ0) is 10.3. The number of hydrogen-bond donors (Lipinski definition) is 1. The summed E-state index contributed by atoms with van der Waals surface area (Å²) < 4.78 is 0. The van der Waals surface area contributed by atoms with Gasteiger partial charge in [0.25, 0.3) is 0 Å². The first-order chi connectivity index (χ1) is 6.07. The molecule has 0 amide bonds. The van der Waals surface area contributed by atoms with Gasteiger partial charge in [0.05, 0.1) is 5.92 Å². The molecule has 0 aromatic rings. The number of hydrogen-bond acceptors (Lipinski definition) is 1. The highest BCUT2D eigenvalue weighted by Crippen LogP contribution is 2.16. The molecule has 0 aromatic carbocycles. The van der Waals surface area contributed by atoms with E-state index in [0.717, 1.165) is 25.7 Å². The summed E-state index contributed by atoms with van der Waals surface area (Å²) in [4.78, 5) is 10.5. The molecule has 2 nitrogen and oxygen atoms in total. The summed E-state index contributed by atoms with van der Waals surface area (Å²) >= 11 is 0. The van der Waals surface area contributed by atoms with E-state index in [2.05, 4.69) is 13.5 Å². The maximum Gasteiger partial charge on any atom is 0.306 e. The Morgan fingerprint density at radius 1 is 1.38 bits per heavy atom. The van der Waals surface area contributed by atoms with Gasteiger partial charge in [0.2, 0.25) is 0 Å². The summed E-state index contributed by atoms with van der Waals surface area (Å²) in [6, 6.07) is 0. The van der Waals surface area contributed by atoms with E-state index in [0.29, 0.717) is 5.92 Å². The van der Waals surface area contributed by atoms with Crippen LogP contribution in [0.15, 0.2) is 12.7 Å². The fourth-order valence-electron chi connectivity index (χ4n) is 1.20. The molecule has 2 heteroatoms. The molecule has 13 heavy (non-hydrogen) atoms. The van der Waals surface area contributed by atoms with Crippen LogP contribution in [0.25, 0.3) is 0 Å². The lowest BCUT2D eigenvalue weighted by molar-refractivity contribution is -0.141. The van der Waals surface area contributed by atoms with Crippen molar-refractivity contribution in [1.82, 2.24) is 0 Å². The third kappa shape index (κ3) is 6.38. The minimum atomic E-state index is -0.684. The van der Waals surface area contributed by atoms with Crippen LogP contribution in [0.2, 0.25) is 0 Å². The summed E-state index contributed by atoms with van der Waals surface area (Å²) in [5.41, 5.74) is 0. The van der Waals surface area contributed by atoms with Crippen molar-refractivity contribution < 1.29 is 9.90 Å². The first kappa shape index (κ1) is 12.2. The molecule has 0 aromatic heterocycles. The summed E-state index contributed by atoms with van der Waals surface area (Å²) in [6.07, 6.45) is 5.85. The average Bonchev–Trinajstić information content (AvgIpc) is 2.10. The number of carbonyl (C=O) groups is 1. The number of rotatable bonds is 7. The maximum atomic E-state index is 10.5. The molecular weight excluding hydrogens is 164 g/mol. The van der Waals surface area contributed by atoms with E-state index in [9.17, 15) is 4.79 Å². The molecular formula is C11H20O2. The van der Waals surface area contributed by atoms with E-state index >= 15 is 0 Å². The highest BCUT2D eigenvalue weighted by molar-refractivity contribution is 5.69. The van der Waals surface area contributed by atoms with Crippen LogP contribution in [0.4, 0.5) is 0 Å². The molecule has 0 radical (unpaired) electrons. The Morgan fingerprint density at radius 2 is 2.00 bits per heavy atom. The van der Waals surface area contributed by atoms with Crippen LogP contribution in [0, 0.1) is 11.8 Å². The quantitative estimate of drug-likeness (QED) is 0.617. The Labute approximate surface area is 80.7 Å². The van der Waals surface area contributed by atoms with Gasteiger partial charge in [0.15, 0.2) is 0 Å². The Bertz CT molecular complexity index is 163. The van der Waals surface area contributed by atoms with Gasteiger partial charge in [-0.15, -0.1) is 6.58 Å². The second-order valence-corrected chi connectivity index (χ2v) is 3.79. The molecule has 0 aliphatic carbocycles. The highest BCUT2D eigenvalue weighted by atomic mass is 16.4. The normalized spacial score (nSPS) is 14.9. The molecule has 0 unspecified atom stereocenters. The lowest BCUT2D eigenvalue weighted by Crippen LogP contribution is -2.10. The fraction of sp³-hybridized carbons (Fsp3) is 0.727. The minimum absolute atomic E-state index is 0.203. The minimum Gasteiger partial charge on any atom is -0.481 e. The molecule has 2 atom stereocenters. The maximum absolute atomic E-state index is 10.5. The lowest BCUT2D eigenvalue weighted by atomic mass is 9.95. The van der Waals surface area contributed by atoms with Crippen molar-refractivity contribution in [3.05, 3.63) is 12.7 Å². The van der Waals surface area contributed by atoms with Gasteiger partial charge in [0, 0.05) is 0 Å². The van der Waals surface area contributed by atoms with Gasteiger partial charge in [-0.25, -0.2) is 0 Å².